The summed E-state index contributed by atoms with van der Waals surface area (Å²) in [4.78, 5) is 13.3. The first-order valence-electron chi connectivity index (χ1n) is 9.74. The minimum atomic E-state index is -1.50. The zero-order chi connectivity index (χ0) is 17.7. The summed E-state index contributed by atoms with van der Waals surface area (Å²) in [6.07, 6.45) is 6.13. The second-order valence-corrected chi connectivity index (χ2v) is 8.85. The molecule has 2 unspecified atom stereocenters. The number of ether oxygens (including phenoxy) is 1. The van der Waals surface area contributed by atoms with Crippen molar-refractivity contribution in [3.05, 3.63) is 35.9 Å². The molecular formula is C21H30NO3+. The van der Waals surface area contributed by atoms with E-state index in [1.54, 1.807) is 0 Å². The van der Waals surface area contributed by atoms with Crippen LogP contribution in [0.15, 0.2) is 30.3 Å². The highest BCUT2D eigenvalue weighted by Gasteiger charge is 2.58. The topological polar surface area (TPSA) is 46.5 Å². The Morgan fingerprint density at radius 2 is 1.80 bits per heavy atom. The molecule has 1 aromatic carbocycles. The van der Waals surface area contributed by atoms with Gasteiger partial charge in [-0.1, -0.05) is 43.2 Å². The first-order valence-corrected chi connectivity index (χ1v) is 9.74. The van der Waals surface area contributed by atoms with Gasteiger partial charge in [-0.25, -0.2) is 4.79 Å². The monoisotopic (exact) mass is 344 g/mol. The molecule has 3 aliphatic rings. The van der Waals surface area contributed by atoms with E-state index < -0.39 is 11.6 Å². The molecule has 3 fully saturated rings. The maximum Gasteiger partial charge on any atom is 0.343 e. The number of piperidine rings is 1. The number of esters is 1. The van der Waals surface area contributed by atoms with Gasteiger partial charge in [0.1, 0.15) is 6.04 Å². The average molecular weight is 344 g/mol. The fourth-order valence-electron chi connectivity index (χ4n) is 5.65. The van der Waals surface area contributed by atoms with Crippen molar-refractivity contribution < 1.29 is 19.1 Å². The standard InChI is InChI=1S/C21H30NO3/c1-22(2)14-15-12-13-18(22)19(15)25-20(23)21(24,17-10-6-7-11-17)16-8-4-3-5-9-16/h3-5,8-9,15,17-19,24H,6-7,10-14H2,1-2H3/q+1/t15?,18-,19?,21-/m0/s1. The summed E-state index contributed by atoms with van der Waals surface area (Å²) in [5, 5.41) is 11.6. The van der Waals surface area contributed by atoms with E-state index >= 15 is 0 Å². The van der Waals surface area contributed by atoms with Gasteiger partial charge in [-0.2, -0.15) is 0 Å². The molecule has 4 atom stereocenters. The normalized spacial score (nSPS) is 33.3. The lowest BCUT2D eigenvalue weighted by Crippen LogP contribution is -2.50. The van der Waals surface area contributed by atoms with Crippen molar-refractivity contribution >= 4 is 5.97 Å². The number of aliphatic hydroxyl groups is 1. The molecular weight excluding hydrogens is 314 g/mol. The minimum absolute atomic E-state index is 0.0380. The molecule has 1 aliphatic heterocycles. The molecule has 1 heterocycles. The van der Waals surface area contributed by atoms with Crippen LogP contribution < -0.4 is 0 Å². The van der Waals surface area contributed by atoms with Gasteiger partial charge in [0.15, 0.2) is 11.7 Å². The predicted octanol–water partition coefficient (Wildman–Crippen LogP) is 2.84. The number of carbonyl (C=O) groups is 1. The maximum absolute atomic E-state index is 13.3. The summed E-state index contributed by atoms with van der Waals surface area (Å²) in [5.41, 5.74) is -0.817. The molecule has 0 aromatic heterocycles. The molecule has 2 aliphatic carbocycles. The lowest BCUT2D eigenvalue weighted by Gasteiger charge is -2.35. The van der Waals surface area contributed by atoms with Crippen LogP contribution in [0.3, 0.4) is 0 Å². The second-order valence-electron chi connectivity index (χ2n) is 8.85. The first kappa shape index (κ1) is 17.0. The van der Waals surface area contributed by atoms with Crippen molar-refractivity contribution in [2.45, 2.75) is 56.3 Å². The SMILES string of the molecule is C[N+]1(C)CC2CC[C@H]1C2OC(=O)[C@](O)(c1ccccc1)C1CCCC1. The molecule has 1 aromatic rings. The van der Waals surface area contributed by atoms with E-state index in [9.17, 15) is 9.90 Å². The number of rotatable bonds is 4. The Balaban J connectivity index is 1.61. The molecule has 2 bridgehead atoms. The van der Waals surface area contributed by atoms with Crippen LogP contribution in [0.2, 0.25) is 0 Å². The van der Waals surface area contributed by atoms with Crippen molar-refractivity contribution in [2.24, 2.45) is 11.8 Å². The lowest BCUT2D eigenvalue weighted by molar-refractivity contribution is -0.908. The number of benzene rings is 1. The van der Waals surface area contributed by atoms with E-state index in [-0.39, 0.29) is 12.0 Å². The zero-order valence-corrected chi connectivity index (χ0v) is 15.4. The van der Waals surface area contributed by atoms with Crippen LogP contribution >= 0.6 is 0 Å². The third-order valence-corrected chi connectivity index (χ3v) is 6.99. The van der Waals surface area contributed by atoms with Gasteiger partial charge in [-0.3, -0.25) is 0 Å². The highest BCUT2D eigenvalue weighted by molar-refractivity contribution is 5.82. The zero-order valence-electron chi connectivity index (χ0n) is 15.4. The smallest absolute Gasteiger partial charge is 0.343 e. The van der Waals surface area contributed by atoms with Crippen LogP contribution in [0.25, 0.3) is 0 Å². The Labute approximate surface area is 150 Å². The predicted molar refractivity (Wildman–Crippen MR) is 95.7 cm³/mol. The number of fused-ring (bicyclic) bond motifs is 2. The molecule has 1 saturated heterocycles. The summed E-state index contributed by atoms with van der Waals surface area (Å²) in [6, 6.07) is 9.80. The largest absolute Gasteiger partial charge is 0.453 e. The van der Waals surface area contributed by atoms with Crippen molar-refractivity contribution in [3.63, 3.8) is 0 Å². The van der Waals surface area contributed by atoms with Gasteiger partial charge in [-0.05, 0) is 24.8 Å². The van der Waals surface area contributed by atoms with Crippen molar-refractivity contribution in [1.82, 2.24) is 0 Å². The van der Waals surface area contributed by atoms with E-state index in [2.05, 4.69) is 14.1 Å². The summed E-state index contributed by atoms with van der Waals surface area (Å²) >= 11 is 0. The highest BCUT2D eigenvalue weighted by Crippen LogP contribution is 2.46. The fourth-order valence-corrected chi connectivity index (χ4v) is 5.65. The van der Waals surface area contributed by atoms with E-state index in [4.69, 9.17) is 4.74 Å². The number of likely N-dealkylation sites (tertiary alicyclic amines) is 1. The third kappa shape index (κ3) is 2.70. The number of hydrogen-bond acceptors (Lipinski definition) is 3. The molecule has 4 nitrogen and oxygen atoms in total. The number of likely N-dealkylation sites (N-methyl/N-ethyl adjacent to an activating group) is 1. The van der Waals surface area contributed by atoms with E-state index in [1.807, 2.05) is 30.3 Å². The second kappa shape index (κ2) is 6.10. The van der Waals surface area contributed by atoms with Crippen LogP contribution in [0, 0.1) is 11.8 Å². The fraction of sp³-hybridized carbons (Fsp3) is 0.667. The number of nitrogens with zero attached hydrogens (tertiary/aromatic N) is 1. The summed E-state index contributed by atoms with van der Waals surface area (Å²) < 4.78 is 6.99. The minimum Gasteiger partial charge on any atom is -0.453 e. The summed E-state index contributed by atoms with van der Waals surface area (Å²) in [5.74, 6) is -0.0223. The molecule has 0 amide bonds. The van der Waals surface area contributed by atoms with Crippen LogP contribution in [-0.2, 0) is 15.1 Å². The van der Waals surface area contributed by atoms with Gasteiger partial charge < -0.3 is 14.3 Å². The Hall–Kier alpha value is -1.39. The number of quaternary nitrogens is 1. The quantitative estimate of drug-likeness (QED) is 0.675. The average Bonchev–Trinajstić information content (AvgIpc) is 3.30. The Kier molecular flexibility index (Phi) is 4.16. The molecule has 4 rings (SSSR count). The summed E-state index contributed by atoms with van der Waals surface area (Å²) in [6.45, 7) is 1.07. The lowest BCUT2D eigenvalue weighted by atomic mass is 9.80. The van der Waals surface area contributed by atoms with Gasteiger partial charge in [-0.15, -0.1) is 0 Å². The molecule has 0 radical (unpaired) electrons. The Morgan fingerprint density at radius 3 is 2.36 bits per heavy atom. The van der Waals surface area contributed by atoms with Crippen LogP contribution in [0.5, 0.6) is 0 Å². The van der Waals surface area contributed by atoms with Crippen LogP contribution in [0.1, 0.15) is 44.1 Å². The highest BCUT2D eigenvalue weighted by atomic mass is 16.6. The summed E-state index contributed by atoms with van der Waals surface area (Å²) in [7, 11) is 4.45. The van der Waals surface area contributed by atoms with Crippen LogP contribution in [0.4, 0.5) is 0 Å². The van der Waals surface area contributed by atoms with Crippen molar-refractivity contribution in [2.75, 3.05) is 20.6 Å². The number of hydrogen-bond donors (Lipinski definition) is 1. The van der Waals surface area contributed by atoms with Gasteiger partial charge >= 0.3 is 5.97 Å². The van der Waals surface area contributed by atoms with E-state index in [0.717, 1.165) is 49.6 Å². The van der Waals surface area contributed by atoms with Gasteiger partial charge in [0.2, 0.25) is 0 Å². The van der Waals surface area contributed by atoms with Gasteiger partial charge in [0.25, 0.3) is 0 Å². The van der Waals surface area contributed by atoms with E-state index in [0.29, 0.717) is 17.5 Å². The Bertz CT molecular complexity index is 638. The molecule has 2 saturated carbocycles. The van der Waals surface area contributed by atoms with Gasteiger partial charge in [0, 0.05) is 12.3 Å². The molecule has 1 N–H and O–H groups in total. The molecule has 0 spiro atoms. The Morgan fingerprint density at radius 1 is 1.12 bits per heavy atom. The first-order chi connectivity index (χ1) is 11.9. The van der Waals surface area contributed by atoms with Crippen molar-refractivity contribution in [3.8, 4) is 0 Å². The molecule has 25 heavy (non-hydrogen) atoms. The molecule has 136 valence electrons. The van der Waals surface area contributed by atoms with Gasteiger partial charge in [0.05, 0.1) is 26.6 Å². The molecule has 4 heteroatoms. The van der Waals surface area contributed by atoms with Crippen molar-refractivity contribution in [1.29, 1.82) is 0 Å². The third-order valence-electron chi connectivity index (χ3n) is 6.99. The number of carbonyl (C=O) groups excluding carboxylic acids is 1. The van der Waals surface area contributed by atoms with E-state index in [1.165, 1.54) is 0 Å². The van der Waals surface area contributed by atoms with Crippen LogP contribution in [-0.4, -0.2) is 48.3 Å². The maximum atomic E-state index is 13.3.